The van der Waals surface area contributed by atoms with E-state index in [-0.39, 0.29) is 36.3 Å². The lowest BCUT2D eigenvalue weighted by atomic mass is 9.79. The largest absolute Gasteiger partial charge is 0.481 e. The monoisotopic (exact) mass is 370 g/mol. The van der Waals surface area contributed by atoms with Crippen molar-refractivity contribution in [2.75, 3.05) is 7.05 Å². The summed E-state index contributed by atoms with van der Waals surface area (Å²) in [6.07, 6.45) is 2.85. The number of hydrogen-bond donors (Lipinski definition) is 5. The maximum Gasteiger partial charge on any atom is 0.309 e. The van der Waals surface area contributed by atoms with Crippen LogP contribution in [0.5, 0.6) is 0 Å². The molecule has 26 heavy (non-hydrogen) atoms. The minimum Gasteiger partial charge on any atom is -0.481 e. The molecular formula is C18H34N4O4. The number of nitrogens with two attached hydrogens (primary N) is 1. The lowest BCUT2D eigenvalue weighted by Gasteiger charge is -2.37. The van der Waals surface area contributed by atoms with E-state index in [9.17, 15) is 19.8 Å². The van der Waals surface area contributed by atoms with Crippen LogP contribution >= 0.6 is 0 Å². The minimum atomic E-state index is -1.07. The van der Waals surface area contributed by atoms with Crippen molar-refractivity contribution in [3.8, 4) is 0 Å². The molecule has 1 saturated carbocycles. The zero-order chi connectivity index (χ0) is 19.9. The molecule has 0 aliphatic heterocycles. The Morgan fingerprint density at radius 3 is 2.27 bits per heavy atom. The Balaban J connectivity index is 3.24. The van der Waals surface area contributed by atoms with Crippen LogP contribution in [0.3, 0.4) is 0 Å². The molecule has 6 N–H and O–H groups in total. The van der Waals surface area contributed by atoms with Crippen LogP contribution in [0.2, 0.25) is 0 Å². The summed E-state index contributed by atoms with van der Waals surface area (Å²) < 4.78 is 0. The van der Waals surface area contributed by atoms with Gasteiger partial charge >= 0.3 is 5.97 Å². The van der Waals surface area contributed by atoms with Gasteiger partial charge in [0.2, 0.25) is 5.91 Å². The molecule has 1 aliphatic rings. The number of guanidine groups is 1. The molecule has 1 fully saturated rings. The van der Waals surface area contributed by atoms with E-state index in [1.165, 1.54) is 6.92 Å². The molecule has 0 saturated heterocycles. The first-order chi connectivity index (χ1) is 12.3. The Bertz CT molecular complexity index is 505. The fraction of sp³-hybridized carbons (Fsp3) is 0.833. The summed E-state index contributed by atoms with van der Waals surface area (Å²) in [5.41, 5.74) is 5.80. The normalized spacial score (nSPS) is 27.4. The van der Waals surface area contributed by atoms with Gasteiger partial charge in [0.15, 0.2) is 5.96 Å². The molecule has 150 valence electrons. The molecule has 0 bridgehead atoms. The zero-order valence-corrected chi connectivity index (χ0v) is 16.2. The van der Waals surface area contributed by atoms with Gasteiger partial charge in [-0.05, 0) is 25.2 Å². The third kappa shape index (κ3) is 5.59. The van der Waals surface area contributed by atoms with Crippen molar-refractivity contribution in [3.05, 3.63) is 0 Å². The Morgan fingerprint density at radius 2 is 1.85 bits per heavy atom. The van der Waals surface area contributed by atoms with Crippen molar-refractivity contribution in [3.63, 3.8) is 0 Å². The Kier molecular flexibility index (Phi) is 8.84. The summed E-state index contributed by atoms with van der Waals surface area (Å²) in [5, 5.41) is 26.3. The quantitative estimate of drug-likeness (QED) is 0.299. The highest BCUT2D eigenvalue weighted by Gasteiger charge is 2.51. The average molecular weight is 370 g/mol. The number of rotatable bonds is 9. The van der Waals surface area contributed by atoms with Gasteiger partial charge in [0.25, 0.3) is 0 Å². The second-order valence-electron chi connectivity index (χ2n) is 7.17. The Labute approximate surface area is 155 Å². The number of aliphatic carboxylic acids is 1. The molecule has 0 aromatic carbocycles. The summed E-state index contributed by atoms with van der Waals surface area (Å²) in [5.74, 6) is -2.23. The molecule has 0 spiro atoms. The third-order valence-corrected chi connectivity index (χ3v) is 5.28. The summed E-state index contributed by atoms with van der Waals surface area (Å²) in [6, 6.07) is -0.697. The predicted octanol–water partition coefficient (Wildman–Crippen LogP) is 0.692. The van der Waals surface area contributed by atoms with E-state index >= 15 is 0 Å². The summed E-state index contributed by atoms with van der Waals surface area (Å²) in [7, 11) is 1.54. The van der Waals surface area contributed by atoms with E-state index in [1.807, 2.05) is 0 Å². The first-order valence-corrected chi connectivity index (χ1v) is 9.43. The maximum absolute atomic E-state index is 11.9. The summed E-state index contributed by atoms with van der Waals surface area (Å²) in [6.45, 7) is 5.61. The molecule has 5 atom stereocenters. The van der Waals surface area contributed by atoms with Crippen LogP contribution in [0.4, 0.5) is 0 Å². The Hall–Kier alpha value is -1.83. The lowest BCUT2D eigenvalue weighted by molar-refractivity contribution is -0.145. The molecule has 0 aromatic heterocycles. The number of nitrogens with one attached hydrogen (secondary N) is 2. The van der Waals surface area contributed by atoms with E-state index in [0.29, 0.717) is 0 Å². The van der Waals surface area contributed by atoms with Gasteiger partial charge in [0, 0.05) is 32.0 Å². The third-order valence-electron chi connectivity index (χ3n) is 5.28. The van der Waals surface area contributed by atoms with Gasteiger partial charge in [0.1, 0.15) is 0 Å². The van der Waals surface area contributed by atoms with Crippen LogP contribution in [0.25, 0.3) is 0 Å². The molecule has 8 nitrogen and oxygen atoms in total. The smallest absolute Gasteiger partial charge is 0.309 e. The highest BCUT2D eigenvalue weighted by atomic mass is 16.4. The van der Waals surface area contributed by atoms with Crippen molar-refractivity contribution in [1.82, 2.24) is 10.6 Å². The lowest BCUT2D eigenvalue weighted by Crippen LogP contribution is -2.55. The van der Waals surface area contributed by atoms with Crippen LogP contribution < -0.4 is 16.4 Å². The number of amides is 1. The zero-order valence-electron chi connectivity index (χ0n) is 16.2. The van der Waals surface area contributed by atoms with E-state index in [0.717, 1.165) is 25.7 Å². The molecule has 0 heterocycles. The van der Waals surface area contributed by atoms with Crippen LogP contribution in [-0.4, -0.2) is 53.3 Å². The van der Waals surface area contributed by atoms with E-state index in [2.05, 4.69) is 29.5 Å². The maximum atomic E-state index is 11.9. The summed E-state index contributed by atoms with van der Waals surface area (Å²) in [4.78, 5) is 27.3. The predicted molar refractivity (Wildman–Crippen MR) is 101 cm³/mol. The fourth-order valence-electron chi connectivity index (χ4n) is 4.20. The minimum absolute atomic E-state index is 0.158. The van der Waals surface area contributed by atoms with Crippen molar-refractivity contribution < 1.29 is 19.8 Å². The van der Waals surface area contributed by atoms with Gasteiger partial charge < -0.3 is 26.6 Å². The molecule has 8 heteroatoms. The van der Waals surface area contributed by atoms with Gasteiger partial charge in [-0.1, -0.05) is 26.7 Å². The molecule has 1 aliphatic carbocycles. The average Bonchev–Trinajstić information content (AvgIpc) is 2.88. The highest BCUT2D eigenvalue weighted by molar-refractivity contribution is 5.78. The molecule has 0 radical (unpaired) electrons. The molecule has 1 unspecified atom stereocenters. The van der Waals surface area contributed by atoms with Crippen LogP contribution in [0, 0.1) is 17.8 Å². The number of aliphatic imine (C=N–C) groups is 1. The van der Waals surface area contributed by atoms with E-state index in [4.69, 9.17) is 5.73 Å². The first-order valence-electron chi connectivity index (χ1n) is 9.43. The SMILES string of the molecule is CCCC(CCC)C(NC(C)=O)[C@@H]1[C@H](O)[C@@H](C(=O)O)C[C@H]1NC(N)=NC. The van der Waals surface area contributed by atoms with Gasteiger partial charge in [-0.25, -0.2) is 0 Å². The van der Waals surface area contributed by atoms with Gasteiger partial charge in [-0.15, -0.1) is 0 Å². The highest BCUT2D eigenvalue weighted by Crippen LogP contribution is 2.38. The number of nitrogens with zero attached hydrogens (tertiary/aromatic N) is 1. The fourth-order valence-corrected chi connectivity index (χ4v) is 4.20. The number of carbonyl (C=O) groups is 2. The topological polar surface area (TPSA) is 137 Å². The Morgan fingerprint density at radius 1 is 1.27 bits per heavy atom. The number of carbonyl (C=O) groups excluding carboxylic acids is 1. The number of hydrogen-bond acceptors (Lipinski definition) is 4. The molecular weight excluding hydrogens is 336 g/mol. The van der Waals surface area contributed by atoms with Gasteiger partial charge in [0.05, 0.1) is 12.0 Å². The number of carboxylic acid groups (broad SMARTS) is 1. The van der Waals surface area contributed by atoms with E-state index in [1.54, 1.807) is 7.05 Å². The number of aliphatic hydroxyl groups is 1. The van der Waals surface area contributed by atoms with Crippen LogP contribution in [0.15, 0.2) is 4.99 Å². The molecule has 1 amide bonds. The van der Waals surface area contributed by atoms with Crippen LogP contribution in [-0.2, 0) is 9.59 Å². The molecule has 1 rings (SSSR count). The van der Waals surface area contributed by atoms with Gasteiger partial charge in [-0.2, -0.15) is 0 Å². The van der Waals surface area contributed by atoms with Gasteiger partial charge in [-0.3, -0.25) is 14.6 Å². The number of carboxylic acids is 1. The molecule has 0 aromatic rings. The first kappa shape index (κ1) is 22.2. The number of aliphatic hydroxyl groups excluding tert-OH is 1. The van der Waals surface area contributed by atoms with Crippen LogP contribution in [0.1, 0.15) is 52.9 Å². The van der Waals surface area contributed by atoms with E-state index < -0.39 is 23.9 Å². The second kappa shape index (κ2) is 10.4. The van der Waals surface area contributed by atoms with Crippen molar-refractivity contribution in [2.24, 2.45) is 28.5 Å². The van der Waals surface area contributed by atoms with Crippen molar-refractivity contribution in [1.29, 1.82) is 0 Å². The second-order valence-corrected chi connectivity index (χ2v) is 7.17. The van der Waals surface area contributed by atoms with Crippen molar-refractivity contribution >= 4 is 17.8 Å². The van der Waals surface area contributed by atoms with Crippen molar-refractivity contribution in [2.45, 2.75) is 71.1 Å². The summed E-state index contributed by atoms with van der Waals surface area (Å²) >= 11 is 0. The standard InChI is InChI=1S/C18H34N4O4/c1-5-7-11(8-6-2)15(21-10(3)23)14-13(22-18(19)20-4)9-12(16(14)24)17(25)26/h11-16,24H,5-9H2,1-4H3,(H,21,23)(H,25,26)(H3,19,20,22)/t12-,13+,14+,15?,16+/m0/s1.